The van der Waals surface area contributed by atoms with Crippen LogP contribution in [-0.2, 0) is 16.1 Å². The number of hydrogen-bond donors (Lipinski definition) is 2. The van der Waals surface area contributed by atoms with Gasteiger partial charge in [0.15, 0.2) is 0 Å². The Hall–Kier alpha value is -2.66. The third kappa shape index (κ3) is 4.51. The molecule has 1 heterocycles. The second-order valence-electron chi connectivity index (χ2n) is 8.20. The Morgan fingerprint density at radius 3 is 2.38 bits per heavy atom. The minimum Gasteiger partial charge on any atom is -0.390 e. The number of β-amino-alcohol motifs (C(OH)–C–C–N with tert-alkyl or cyclic N) is 1. The average molecular weight is 392 g/mol. The first kappa shape index (κ1) is 19.6. The van der Waals surface area contributed by atoms with Crippen molar-refractivity contribution in [2.75, 3.05) is 11.9 Å². The summed E-state index contributed by atoms with van der Waals surface area (Å²) in [6.45, 7) is 0.572. The fourth-order valence-electron chi connectivity index (χ4n) is 4.51. The van der Waals surface area contributed by atoms with E-state index in [-0.39, 0.29) is 12.5 Å². The van der Waals surface area contributed by atoms with Gasteiger partial charge in [0.1, 0.15) is 5.92 Å². The Kier molecular flexibility index (Phi) is 5.95. The summed E-state index contributed by atoms with van der Waals surface area (Å²) < 4.78 is 0. The lowest BCUT2D eigenvalue weighted by atomic mass is 9.84. The standard InChI is InChI=1S/C24H28N2O3/c27-21-16-26(15-17-7-3-1-4-8-17)24(29)22(21)23(28)25-20-13-11-19(12-14-20)18-9-5-2-6-10-18/h1,3-4,7-8,11-14,18,21-22,27H,2,5-6,9-10,15-16H2,(H,25,28). The molecule has 5 nitrogen and oxygen atoms in total. The summed E-state index contributed by atoms with van der Waals surface area (Å²) in [5.74, 6) is -1.21. The van der Waals surface area contributed by atoms with E-state index in [4.69, 9.17) is 0 Å². The molecular formula is C24H28N2O3. The predicted octanol–water partition coefficient (Wildman–Crippen LogP) is 3.69. The van der Waals surface area contributed by atoms with Crippen LogP contribution < -0.4 is 5.32 Å². The second-order valence-corrected chi connectivity index (χ2v) is 8.20. The van der Waals surface area contributed by atoms with E-state index in [9.17, 15) is 14.7 Å². The van der Waals surface area contributed by atoms with Gasteiger partial charge in [-0.1, -0.05) is 61.7 Å². The Balaban J connectivity index is 1.38. The molecule has 0 aromatic heterocycles. The van der Waals surface area contributed by atoms with Gasteiger partial charge in [0.25, 0.3) is 0 Å². The maximum atomic E-state index is 12.7. The van der Waals surface area contributed by atoms with E-state index in [0.29, 0.717) is 18.2 Å². The van der Waals surface area contributed by atoms with E-state index < -0.39 is 17.9 Å². The van der Waals surface area contributed by atoms with Gasteiger partial charge < -0.3 is 15.3 Å². The Labute approximate surface area is 171 Å². The lowest BCUT2D eigenvalue weighted by Gasteiger charge is -2.22. The van der Waals surface area contributed by atoms with Crippen molar-refractivity contribution < 1.29 is 14.7 Å². The third-order valence-electron chi connectivity index (χ3n) is 6.12. The van der Waals surface area contributed by atoms with E-state index in [0.717, 1.165) is 5.56 Å². The van der Waals surface area contributed by atoms with Crippen LogP contribution >= 0.6 is 0 Å². The molecule has 2 aliphatic rings. The van der Waals surface area contributed by atoms with Gasteiger partial charge in [0.05, 0.1) is 6.10 Å². The van der Waals surface area contributed by atoms with Gasteiger partial charge in [-0.3, -0.25) is 9.59 Å². The first-order chi connectivity index (χ1) is 14.1. The first-order valence-electron chi connectivity index (χ1n) is 10.5. The maximum absolute atomic E-state index is 12.7. The van der Waals surface area contributed by atoms with Gasteiger partial charge in [-0.05, 0) is 42.0 Å². The van der Waals surface area contributed by atoms with Crippen molar-refractivity contribution >= 4 is 17.5 Å². The summed E-state index contributed by atoms with van der Waals surface area (Å²) in [5, 5.41) is 13.2. The molecule has 2 unspecified atom stereocenters. The zero-order valence-electron chi connectivity index (χ0n) is 16.6. The van der Waals surface area contributed by atoms with Gasteiger partial charge in [-0.2, -0.15) is 0 Å². The summed E-state index contributed by atoms with van der Waals surface area (Å²) in [7, 11) is 0. The molecule has 1 saturated carbocycles. The quantitative estimate of drug-likeness (QED) is 0.763. The van der Waals surface area contributed by atoms with Crippen molar-refractivity contribution in [2.24, 2.45) is 5.92 Å². The molecule has 2 N–H and O–H groups in total. The van der Waals surface area contributed by atoms with E-state index in [1.807, 2.05) is 42.5 Å². The highest BCUT2D eigenvalue weighted by atomic mass is 16.3. The summed E-state index contributed by atoms with van der Waals surface area (Å²) in [4.78, 5) is 27.0. The molecule has 29 heavy (non-hydrogen) atoms. The fourth-order valence-corrected chi connectivity index (χ4v) is 4.51. The van der Waals surface area contributed by atoms with Crippen LogP contribution in [0.3, 0.4) is 0 Å². The number of benzene rings is 2. The minimum absolute atomic E-state index is 0.173. The van der Waals surface area contributed by atoms with Crippen LogP contribution in [-0.4, -0.2) is 34.5 Å². The molecular weight excluding hydrogens is 364 g/mol. The van der Waals surface area contributed by atoms with Crippen LogP contribution in [0.4, 0.5) is 5.69 Å². The highest BCUT2D eigenvalue weighted by Gasteiger charge is 2.44. The summed E-state index contributed by atoms with van der Waals surface area (Å²) in [6, 6.07) is 17.5. The van der Waals surface area contributed by atoms with E-state index >= 15 is 0 Å². The average Bonchev–Trinajstić information content (AvgIpc) is 3.03. The molecule has 2 aromatic carbocycles. The van der Waals surface area contributed by atoms with Crippen LogP contribution in [0.1, 0.15) is 49.1 Å². The van der Waals surface area contributed by atoms with Crippen LogP contribution in [0.15, 0.2) is 54.6 Å². The number of aliphatic hydroxyl groups excluding tert-OH is 1. The molecule has 4 rings (SSSR count). The van der Waals surface area contributed by atoms with Gasteiger partial charge >= 0.3 is 0 Å². The maximum Gasteiger partial charge on any atom is 0.239 e. The SMILES string of the molecule is O=C(Nc1ccc(C2CCCCC2)cc1)C1C(=O)N(Cc2ccccc2)CC1O. The number of nitrogens with zero attached hydrogens (tertiary/aromatic N) is 1. The molecule has 5 heteroatoms. The smallest absolute Gasteiger partial charge is 0.239 e. The Bertz CT molecular complexity index is 844. The first-order valence-corrected chi connectivity index (χ1v) is 10.5. The van der Waals surface area contributed by atoms with Crippen LogP contribution in [0.5, 0.6) is 0 Å². The third-order valence-corrected chi connectivity index (χ3v) is 6.12. The van der Waals surface area contributed by atoms with E-state index in [1.165, 1.54) is 37.7 Å². The lowest BCUT2D eigenvalue weighted by Crippen LogP contribution is -2.35. The van der Waals surface area contributed by atoms with Crippen LogP contribution in [0.25, 0.3) is 0 Å². The minimum atomic E-state index is -1.06. The predicted molar refractivity (Wildman–Crippen MR) is 112 cm³/mol. The van der Waals surface area contributed by atoms with Gasteiger partial charge in [0.2, 0.25) is 11.8 Å². The van der Waals surface area contributed by atoms with Crippen molar-refractivity contribution in [3.63, 3.8) is 0 Å². The number of aliphatic hydroxyl groups is 1. The molecule has 1 aliphatic carbocycles. The van der Waals surface area contributed by atoms with E-state index in [2.05, 4.69) is 17.4 Å². The molecule has 152 valence electrons. The van der Waals surface area contributed by atoms with Gasteiger partial charge in [0, 0.05) is 18.8 Å². The highest BCUT2D eigenvalue weighted by molar-refractivity contribution is 6.08. The summed E-state index contributed by atoms with van der Waals surface area (Å²) in [6.07, 6.45) is 5.35. The van der Waals surface area contributed by atoms with Crippen molar-refractivity contribution in [1.29, 1.82) is 0 Å². The zero-order valence-corrected chi connectivity index (χ0v) is 16.6. The van der Waals surface area contributed by atoms with Crippen LogP contribution in [0, 0.1) is 5.92 Å². The van der Waals surface area contributed by atoms with Crippen molar-refractivity contribution in [3.05, 3.63) is 65.7 Å². The summed E-state index contributed by atoms with van der Waals surface area (Å²) in [5.41, 5.74) is 2.96. The Morgan fingerprint density at radius 2 is 1.69 bits per heavy atom. The zero-order chi connectivity index (χ0) is 20.2. The molecule has 1 aliphatic heterocycles. The highest BCUT2D eigenvalue weighted by Crippen LogP contribution is 2.33. The molecule has 0 bridgehead atoms. The number of anilines is 1. The number of carbonyl (C=O) groups is 2. The molecule has 2 fully saturated rings. The van der Waals surface area contributed by atoms with Gasteiger partial charge in [-0.25, -0.2) is 0 Å². The molecule has 0 spiro atoms. The van der Waals surface area contributed by atoms with Crippen LogP contribution in [0.2, 0.25) is 0 Å². The van der Waals surface area contributed by atoms with Crippen molar-refractivity contribution in [1.82, 2.24) is 4.90 Å². The Morgan fingerprint density at radius 1 is 1.00 bits per heavy atom. The molecule has 2 atom stereocenters. The molecule has 0 radical (unpaired) electrons. The number of rotatable bonds is 5. The fraction of sp³-hybridized carbons (Fsp3) is 0.417. The van der Waals surface area contributed by atoms with Gasteiger partial charge in [-0.15, -0.1) is 0 Å². The number of likely N-dealkylation sites (tertiary alicyclic amines) is 1. The number of hydrogen-bond acceptors (Lipinski definition) is 3. The normalized spacial score (nSPS) is 22.7. The summed E-state index contributed by atoms with van der Waals surface area (Å²) >= 11 is 0. The molecule has 2 amide bonds. The van der Waals surface area contributed by atoms with Crippen molar-refractivity contribution in [2.45, 2.75) is 50.7 Å². The second kappa shape index (κ2) is 8.78. The topological polar surface area (TPSA) is 69.6 Å². The largest absolute Gasteiger partial charge is 0.390 e. The van der Waals surface area contributed by atoms with E-state index in [1.54, 1.807) is 4.90 Å². The number of nitrogens with one attached hydrogen (secondary N) is 1. The number of carbonyl (C=O) groups excluding carboxylic acids is 2. The molecule has 2 aromatic rings. The molecule has 1 saturated heterocycles. The lowest BCUT2D eigenvalue weighted by molar-refractivity contribution is -0.137. The number of amides is 2. The van der Waals surface area contributed by atoms with Crippen molar-refractivity contribution in [3.8, 4) is 0 Å². The monoisotopic (exact) mass is 392 g/mol.